The van der Waals surface area contributed by atoms with E-state index in [1.54, 1.807) is 0 Å². The molecule has 0 aliphatic carbocycles. The number of anilines is 1. The van der Waals surface area contributed by atoms with E-state index in [0.717, 1.165) is 19.4 Å². The molecule has 1 aromatic rings. The summed E-state index contributed by atoms with van der Waals surface area (Å²) in [5.41, 5.74) is 5.92. The first-order chi connectivity index (χ1) is 6.27. The monoisotopic (exact) mass is 196 g/mol. The molecule has 2 N–H and O–H groups in total. The van der Waals surface area contributed by atoms with E-state index < -0.39 is 0 Å². The van der Waals surface area contributed by atoms with E-state index in [9.17, 15) is 0 Å². The van der Waals surface area contributed by atoms with E-state index in [-0.39, 0.29) is 0 Å². The molecular weight excluding hydrogens is 180 g/mol. The summed E-state index contributed by atoms with van der Waals surface area (Å²) in [5, 5.41) is 3.52. The van der Waals surface area contributed by atoms with Gasteiger partial charge in [-0.1, -0.05) is 0 Å². The number of rotatable bonds is 1. The maximum Gasteiger partial charge on any atom is 0.0910 e. The number of hydrogen-bond donors (Lipinski definition) is 1. The van der Waals surface area contributed by atoms with Crippen molar-refractivity contribution in [2.45, 2.75) is 31.8 Å². The highest BCUT2D eigenvalue weighted by atomic mass is 32.1. The molecule has 2 rings (SSSR count). The number of piperidine rings is 1. The zero-order valence-corrected chi connectivity index (χ0v) is 8.76. The van der Waals surface area contributed by atoms with Crippen LogP contribution in [0.1, 0.15) is 19.8 Å². The predicted octanol–water partition coefficient (Wildman–Crippen LogP) is 2.06. The lowest BCUT2D eigenvalue weighted by Crippen LogP contribution is -2.45. The van der Waals surface area contributed by atoms with Crippen LogP contribution in [0.2, 0.25) is 0 Å². The van der Waals surface area contributed by atoms with Gasteiger partial charge < -0.3 is 10.6 Å². The summed E-state index contributed by atoms with van der Waals surface area (Å²) in [6.07, 6.45) is 2.25. The molecule has 2 heterocycles. The zero-order chi connectivity index (χ0) is 9.26. The summed E-state index contributed by atoms with van der Waals surface area (Å²) in [7, 11) is 0. The second-order valence-electron chi connectivity index (χ2n) is 3.78. The highest BCUT2D eigenvalue weighted by Crippen LogP contribution is 2.27. The minimum Gasteiger partial charge on any atom is -0.361 e. The molecule has 0 amide bonds. The molecule has 1 fully saturated rings. The van der Waals surface area contributed by atoms with Gasteiger partial charge in [-0.05, 0) is 37.3 Å². The molecule has 0 bridgehead atoms. The Labute approximate surface area is 83.4 Å². The number of hydrogen-bond acceptors (Lipinski definition) is 3. The second-order valence-corrected chi connectivity index (χ2v) is 4.70. The van der Waals surface area contributed by atoms with Crippen molar-refractivity contribution in [3.05, 3.63) is 17.5 Å². The first-order valence-corrected chi connectivity index (χ1v) is 5.71. The van der Waals surface area contributed by atoms with Gasteiger partial charge in [0.15, 0.2) is 0 Å². The minimum absolute atomic E-state index is 0.409. The molecule has 2 atom stereocenters. The Morgan fingerprint density at radius 2 is 2.46 bits per heavy atom. The maximum absolute atomic E-state index is 5.92. The third-order valence-electron chi connectivity index (χ3n) is 2.71. The van der Waals surface area contributed by atoms with Crippen molar-refractivity contribution in [3.8, 4) is 0 Å². The molecule has 1 aliphatic heterocycles. The summed E-state index contributed by atoms with van der Waals surface area (Å²) in [6.45, 7) is 3.38. The molecule has 0 spiro atoms. The van der Waals surface area contributed by atoms with Crippen LogP contribution in [0.4, 0.5) is 5.00 Å². The van der Waals surface area contributed by atoms with Gasteiger partial charge in [0.05, 0.1) is 5.00 Å². The fourth-order valence-electron chi connectivity index (χ4n) is 1.97. The first-order valence-electron chi connectivity index (χ1n) is 4.83. The van der Waals surface area contributed by atoms with Crippen molar-refractivity contribution in [2.75, 3.05) is 11.4 Å². The molecule has 2 unspecified atom stereocenters. The number of thiophene rings is 1. The van der Waals surface area contributed by atoms with Crippen LogP contribution < -0.4 is 10.6 Å². The van der Waals surface area contributed by atoms with Gasteiger partial charge in [0.1, 0.15) is 0 Å². The van der Waals surface area contributed by atoms with Crippen LogP contribution in [0.5, 0.6) is 0 Å². The Hall–Kier alpha value is -0.540. The van der Waals surface area contributed by atoms with Crippen molar-refractivity contribution in [1.29, 1.82) is 0 Å². The lowest BCUT2D eigenvalue weighted by molar-refractivity contribution is 0.431. The largest absolute Gasteiger partial charge is 0.361 e. The van der Waals surface area contributed by atoms with E-state index in [0.29, 0.717) is 12.1 Å². The molecule has 1 aromatic heterocycles. The molecule has 1 aliphatic rings. The zero-order valence-electron chi connectivity index (χ0n) is 7.94. The molecular formula is C10H16N2S. The van der Waals surface area contributed by atoms with Gasteiger partial charge in [-0.3, -0.25) is 0 Å². The predicted molar refractivity (Wildman–Crippen MR) is 58.3 cm³/mol. The molecule has 1 saturated heterocycles. The van der Waals surface area contributed by atoms with Crippen molar-refractivity contribution in [2.24, 2.45) is 5.73 Å². The Morgan fingerprint density at radius 3 is 3.08 bits per heavy atom. The standard InChI is InChI=1S/C10H16N2S/c1-8-7-9(11)4-5-12(8)10-3-2-6-13-10/h2-3,6,8-9H,4-5,7,11H2,1H3. The lowest BCUT2D eigenvalue weighted by atomic mass is 10.00. The minimum atomic E-state index is 0.409. The van der Waals surface area contributed by atoms with Crippen LogP contribution in [-0.4, -0.2) is 18.6 Å². The van der Waals surface area contributed by atoms with E-state index in [1.807, 2.05) is 11.3 Å². The fraction of sp³-hybridized carbons (Fsp3) is 0.600. The third-order valence-corrected chi connectivity index (χ3v) is 3.61. The van der Waals surface area contributed by atoms with E-state index in [2.05, 4.69) is 29.3 Å². The summed E-state index contributed by atoms with van der Waals surface area (Å²) in [4.78, 5) is 2.47. The molecule has 0 saturated carbocycles. The van der Waals surface area contributed by atoms with Gasteiger partial charge in [-0.15, -0.1) is 11.3 Å². The van der Waals surface area contributed by atoms with Gasteiger partial charge in [0.25, 0.3) is 0 Å². The van der Waals surface area contributed by atoms with Gasteiger partial charge >= 0.3 is 0 Å². The Balaban J connectivity index is 2.08. The normalized spacial score (nSPS) is 29.2. The van der Waals surface area contributed by atoms with Gasteiger partial charge in [0.2, 0.25) is 0 Å². The van der Waals surface area contributed by atoms with Crippen LogP contribution in [-0.2, 0) is 0 Å². The Morgan fingerprint density at radius 1 is 1.62 bits per heavy atom. The average molecular weight is 196 g/mol. The molecule has 13 heavy (non-hydrogen) atoms. The van der Waals surface area contributed by atoms with Crippen molar-refractivity contribution < 1.29 is 0 Å². The molecule has 72 valence electrons. The van der Waals surface area contributed by atoms with Crippen LogP contribution in [0, 0.1) is 0 Å². The van der Waals surface area contributed by atoms with Crippen LogP contribution in [0.25, 0.3) is 0 Å². The van der Waals surface area contributed by atoms with Crippen LogP contribution >= 0.6 is 11.3 Å². The summed E-state index contributed by atoms with van der Waals surface area (Å²) in [5.74, 6) is 0. The average Bonchev–Trinajstić information content (AvgIpc) is 2.56. The van der Waals surface area contributed by atoms with Crippen molar-refractivity contribution in [3.63, 3.8) is 0 Å². The molecule has 3 heteroatoms. The SMILES string of the molecule is CC1CC(N)CCN1c1cccs1. The summed E-state index contributed by atoms with van der Waals surface area (Å²) in [6, 6.07) is 5.31. The Bertz CT molecular complexity index is 258. The van der Waals surface area contributed by atoms with E-state index >= 15 is 0 Å². The molecule has 0 radical (unpaired) electrons. The smallest absolute Gasteiger partial charge is 0.0910 e. The Kier molecular flexibility index (Phi) is 2.56. The maximum atomic E-state index is 5.92. The second kappa shape index (κ2) is 3.68. The fourth-order valence-corrected chi connectivity index (χ4v) is 2.83. The molecule has 0 aromatic carbocycles. The third kappa shape index (κ3) is 1.86. The van der Waals surface area contributed by atoms with Crippen molar-refractivity contribution >= 4 is 16.3 Å². The number of nitrogens with zero attached hydrogens (tertiary/aromatic N) is 1. The lowest BCUT2D eigenvalue weighted by Gasteiger charge is -2.37. The highest BCUT2D eigenvalue weighted by molar-refractivity contribution is 7.14. The first kappa shape index (κ1) is 9.03. The van der Waals surface area contributed by atoms with E-state index in [1.165, 1.54) is 5.00 Å². The van der Waals surface area contributed by atoms with E-state index in [4.69, 9.17) is 5.73 Å². The van der Waals surface area contributed by atoms with Crippen LogP contribution in [0.15, 0.2) is 17.5 Å². The molecule has 2 nitrogen and oxygen atoms in total. The van der Waals surface area contributed by atoms with Gasteiger partial charge in [0, 0.05) is 18.6 Å². The van der Waals surface area contributed by atoms with Gasteiger partial charge in [-0.25, -0.2) is 0 Å². The number of nitrogens with two attached hydrogens (primary N) is 1. The van der Waals surface area contributed by atoms with Gasteiger partial charge in [-0.2, -0.15) is 0 Å². The van der Waals surface area contributed by atoms with Crippen molar-refractivity contribution in [1.82, 2.24) is 0 Å². The quantitative estimate of drug-likeness (QED) is 0.745. The summed E-state index contributed by atoms with van der Waals surface area (Å²) >= 11 is 1.82. The van der Waals surface area contributed by atoms with Crippen LogP contribution in [0.3, 0.4) is 0 Å². The summed E-state index contributed by atoms with van der Waals surface area (Å²) < 4.78 is 0. The highest BCUT2D eigenvalue weighted by Gasteiger charge is 2.23. The topological polar surface area (TPSA) is 29.3 Å².